The first-order chi connectivity index (χ1) is 17.6. The highest BCUT2D eigenvalue weighted by Gasteiger charge is 2.47. The maximum atomic E-state index is 13.3. The number of ether oxygens (including phenoxy) is 1. The standard InChI is InChI=1S/C26H23N5O4S/c32-23-18(7-4-13-27-23)29-24(33)22-21-20-19(12-14-28-25(20)36-22)31(26(34)30-21)15-8-10-17(11-9-15)35-16-5-2-1-3-6-16/h1-3,5-6,8-12,14,18,21-22H,4,7,13H2,(H,27,32)(H,29,33)(H,30,34). The zero-order chi connectivity index (χ0) is 24.6. The van der Waals surface area contributed by atoms with Gasteiger partial charge in [0.15, 0.2) is 0 Å². The lowest BCUT2D eigenvalue weighted by molar-refractivity contribution is -0.130. The van der Waals surface area contributed by atoms with Crippen LogP contribution < -0.4 is 25.6 Å². The number of piperidine rings is 1. The molecule has 182 valence electrons. The molecule has 0 radical (unpaired) electrons. The van der Waals surface area contributed by atoms with Gasteiger partial charge < -0.3 is 20.7 Å². The first kappa shape index (κ1) is 22.4. The summed E-state index contributed by atoms with van der Waals surface area (Å²) in [4.78, 5) is 44.6. The summed E-state index contributed by atoms with van der Waals surface area (Å²) in [5.74, 6) is 0.918. The van der Waals surface area contributed by atoms with Crippen molar-refractivity contribution in [2.75, 3.05) is 11.4 Å². The predicted octanol–water partition coefficient (Wildman–Crippen LogP) is 3.65. The number of nitrogens with zero attached hydrogens (tertiary/aromatic N) is 2. The fourth-order valence-corrected chi connectivity index (χ4v) is 5.97. The Bertz CT molecular complexity index is 1330. The van der Waals surface area contributed by atoms with Crippen molar-refractivity contribution in [2.24, 2.45) is 0 Å². The van der Waals surface area contributed by atoms with Crippen molar-refractivity contribution in [3.05, 3.63) is 72.4 Å². The van der Waals surface area contributed by atoms with Gasteiger partial charge >= 0.3 is 6.03 Å². The SMILES string of the molecule is O=C1NCCCC1NC(=O)C1Sc2nccc3c2C1NC(=O)N3c1ccc(Oc2ccccc2)cc1. The largest absolute Gasteiger partial charge is 0.457 e. The van der Waals surface area contributed by atoms with Crippen LogP contribution in [0.15, 0.2) is 71.9 Å². The number of hydrogen-bond donors (Lipinski definition) is 3. The normalized spacial score (nSPS) is 22.3. The smallest absolute Gasteiger partial charge is 0.327 e. The lowest BCUT2D eigenvalue weighted by atomic mass is 9.99. The van der Waals surface area contributed by atoms with Crippen molar-refractivity contribution in [2.45, 2.75) is 35.2 Å². The van der Waals surface area contributed by atoms with Gasteiger partial charge in [-0.3, -0.25) is 14.5 Å². The van der Waals surface area contributed by atoms with E-state index >= 15 is 0 Å². The Morgan fingerprint density at radius 3 is 2.61 bits per heavy atom. The lowest BCUT2D eigenvalue weighted by Crippen LogP contribution is -2.54. The van der Waals surface area contributed by atoms with Crippen LogP contribution in [0.25, 0.3) is 0 Å². The molecule has 3 atom stereocenters. The molecular weight excluding hydrogens is 478 g/mol. The molecule has 3 aliphatic rings. The van der Waals surface area contributed by atoms with Crippen molar-refractivity contribution in [3.8, 4) is 11.5 Å². The van der Waals surface area contributed by atoms with Crippen molar-refractivity contribution in [3.63, 3.8) is 0 Å². The van der Waals surface area contributed by atoms with Crippen LogP contribution in [0.5, 0.6) is 11.5 Å². The number of nitrogens with one attached hydrogen (secondary N) is 3. The third-order valence-corrected chi connectivity index (χ3v) is 7.73. The van der Waals surface area contributed by atoms with E-state index in [9.17, 15) is 14.4 Å². The molecule has 1 fully saturated rings. The van der Waals surface area contributed by atoms with E-state index in [1.807, 2.05) is 54.6 Å². The topological polar surface area (TPSA) is 113 Å². The van der Waals surface area contributed by atoms with Gasteiger partial charge in [-0.1, -0.05) is 30.0 Å². The van der Waals surface area contributed by atoms with Crippen LogP contribution >= 0.6 is 11.8 Å². The quantitative estimate of drug-likeness (QED) is 0.492. The maximum absolute atomic E-state index is 13.3. The van der Waals surface area contributed by atoms with Crippen LogP contribution in [-0.4, -0.2) is 40.7 Å². The van der Waals surface area contributed by atoms with E-state index in [0.29, 0.717) is 35.1 Å². The number of benzene rings is 2. The number of amides is 4. The number of carbonyl (C=O) groups excluding carboxylic acids is 3. The summed E-state index contributed by atoms with van der Waals surface area (Å²) in [6.45, 7) is 0.621. The molecule has 3 N–H and O–H groups in total. The summed E-state index contributed by atoms with van der Waals surface area (Å²) < 4.78 is 5.87. The number of hydrogen-bond acceptors (Lipinski definition) is 6. The monoisotopic (exact) mass is 501 g/mol. The van der Waals surface area contributed by atoms with Crippen molar-refractivity contribution in [1.29, 1.82) is 0 Å². The summed E-state index contributed by atoms with van der Waals surface area (Å²) in [6, 6.07) is 17.1. The van der Waals surface area contributed by atoms with Gasteiger partial charge in [0.05, 0.1) is 17.4 Å². The Morgan fingerprint density at radius 2 is 1.83 bits per heavy atom. The Labute approximate surface area is 211 Å². The number of pyridine rings is 1. The fourth-order valence-electron chi connectivity index (χ4n) is 4.73. The highest BCUT2D eigenvalue weighted by Crippen LogP contribution is 2.50. The maximum Gasteiger partial charge on any atom is 0.327 e. The Balaban J connectivity index is 1.24. The molecule has 0 saturated carbocycles. The molecule has 3 unspecified atom stereocenters. The van der Waals surface area contributed by atoms with Gasteiger partial charge in [0.25, 0.3) is 0 Å². The molecule has 1 saturated heterocycles. The minimum absolute atomic E-state index is 0.174. The highest BCUT2D eigenvalue weighted by atomic mass is 32.2. The fraction of sp³-hybridized carbons (Fsp3) is 0.231. The Morgan fingerprint density at radius 1 is 1.06 bits per heavy atom. The summed E-state index contributed by atoms with van der Waals surface area (Å²) in [7, 11) is 0. The second kappa shape index (κ2) is 9.19. The first-order valence-corrected chi connectivity index (χ1v) is 12.6. The molecule has 0 aliphatic carbocycles. The zero-order valence-corrected chi connectivity index (χ0v) is 20.0. The summed E-state index contributed by atoms with van der Waals surface area (Å²) in [5.41, 5.74) is 2.15. The average molecular weight is 502 g/mol. The minimum Gasteiger partial charge on any atom is -0.457 e. The number of thioether (sulfide) groups is 1. The van der Waals surface area contributed by atoms with Gasteiger partial charge in [-0.2, -0.15) is 0 Å². The van der Waals surface area contributed by atoms with Crippen LogP contribution in [0.1, 0.15) is 24.4 Å². The van der Waals surface area contributed by atoms with Gasteiger partial charge in [0.2, 0.25) is 11.8 Å². The molecule has 6 rings (SSSR count). The van der Waals surface area contributed by atoms with E-state index in [0.717, 1.165) is 17.7 Å². The summed E-state index contributed by atoms with van der Waals surface area (Å²) in [5, 5.41) is 8.71. The van der Waals surface area contributed by atoms with E-state index in [1.54, 1.807) is 17.2 Å². The lowest BCUT2D eigenvalue weighted by Gasteiger charge is -2.34. The minimum atomic E-state index is -0.615. The second-order valence-corrected chi connectivity index (χ2v) is 9.88. The van der Waals surface area contributed by atoms with Gasteiger partial charge in [-0.05, 0) is 55.3 Å². The first-order valence-electron chi connectivity index (χ1n) is 11.8. The third kappa shape index (κ3) is 4.03. The van der Waals surface area contributed by atoms with Crippen LogP contribution in [0.2, 0.25) is 0 Å². The second-order valence-electron chi connectivity index (χ2n) is 8.75. The van der Waals surface area contributed by atoms with Crippen LogP contribution in [0, 0.1) is 0 Å². The van der Waals surface area contributed by atoms with Crippen LogP contribution in [0.4, 0.5) is 16.2 Å². The van der Waals surface area contributed by atoms with Gasteiger partial charge in [0, 0.05) is 18.3 Å². The molecular formula is C26H23N5O4S. The number of urea groups is 1. The Kier molecular flexibility index (Phi) is 5.73. The van der Waals surface area contributed by atoms with Crippen LogP contribution in [-0.2, 0) is 9.59 Å². The molecule has 9 nitrogen and oxygen atoms in total. The van der Waals surface area contributed by atoms with E-state index in [1.165, 1.54) is 11.8 Å². The van der Waals surface area contributed by atoms with Crippen molar-refractivity contribution < 1.29 is 19.1 Å². The molecule has 10 heteroatoms. The molecule has 0 spiro atoms. The third-order valence-electron chi connectivity index (χ3n) is 6.44. The van der Waals surface area contributed by atoms with Gasteiger partial charge in [-0.15, -0.1) is 0 Å². The van der Waals surface area contributed by atoms with E-state index < -0.39 is 17.3 Å². The summed E-state index contributed by atoms with van der Waals surface area (Å²) in [6.07, 6.45) is 3.05. The van der Waals surface area contributed by atoms with Crippen molar-refractivity contribution in [1.82, 2.24) is 20.9 Å². The molecule has 1 aromatic heterocycles. The zero-order valence-electron chi connectivity index (χ0n) is 19.1. The molecule has 2 aromatic carbocycles. The molecule has 3 aromatic rings. The molecule has 0 bridgehead atoms. The summed E-state index contributed by atoms with van der Waals surface area (Å²) >= 11 is 1.31. The molecule has 4 amide bonds. The number of anilines is 2. The van der Waals surface area contributed by atoms with Crippen molar-refractivity contribution >= 4 is 41.0 Å². The predicted molar refractivity (Wildman–Crippen MR) is 134 cm³/mol. The molecule has 4 heterocycles. The number of carbonyl (C=O) groups is 3. The average Bonchev–Trinajstić information content (AvgIpc) is 3.26. The van der Waals surface area contributed by atoms with Gasteiger partial charge in [0.1, 0.15) is 27.8 Å². The number of rotatable bonds is 5. The van der Waals surface area contributed by atoms with Crippen LogP contribution in [0.3, 0.4) is 0 Å². The number of para-hydroxylation sites is 1. The highest BCUT2D eigenvalue weighted by molar-refractivity contribution is 8.01. The van der Waals surface area contributed by atoms with E-state index in [2.05, 4.69) is 20.9 Å². The number of aromatic nitrogens is 1. The molecule has 36 heavy (non-hydrogen) atoms. The Hall–Kier alpha value is -4.05. The van der Waals surface area contributed by atoms with E-state index in [-0.39, 0.29) is 17.8 Å². The molecule has 3 aliphatic heterocycles. The van der Waals surface area contributed by atoms with E-state index in [4.69, 9.17) is 4.74 Å². The van der Waals surface area contributed by atoms with Gasteiger partial charge in [-0.25, -0.2) is 9.78 Å².